The van der Waals surface area contributed by atoms with Crippen LogP contribution >= 0.6 is 0 Å². The second-order valence-corrected chi connectivity index (χ2v) is 6.93. The summed E-state index contributed by atoms with van der Waals surface area (Å²) in [6.07, 6.45) is 1.63. The highest BCUT2D eigenvalue weighted by Gasteiger charge is 2.17. The number of aryl methyl sites for hydroxylation is 1. The SMILES string of the molecule is COC(=O)c1cc(CCCC(=O)OC(C)(C)C)ccc1OC(C)C. The summed E-state index contributed by atoms with van der Waals surface area (Å²) in [6, 6.07) is 5.44. The molecule has 0 aromatic heterocycles. The van der Waals surface area contributed by atoms with Gasteiger partial charge >= 0.3 is 11.9 Å². The Hall–Kier alpha value is -2.04. The number of hydrogen-bond donors (Lipinski definition) is 0. The first-order valence-corrected chi connectivity index (χ1v) is 8.22. The fraction of sp³-hybridized carbons (Fsp3) is 0.579. The lowest BCUT2D eigenvalue weighted by atomic mass is 10.0. The molecular weight excluding hydrogens is 308 g/mol. The smallest absolute Gasteiger partial charge is 0.341 e. The zero-order valence-corrected chi connectivity index (χ0v) is 15.5. The highest BCUT2D eigenvalue weighted by molar-refractivity contribution is 5.92. The van der Waals surface area contributed by atoms with Gasteiger partial charge in [-0.25, -0.2) is 4.79 Å². The Labute approximate surface area is 144 Å². The minimum absolute atomic E-state index is 0.0357. The molecule has 0 aliphatic heterocycles. The number of rotatable bonds is 7. The number of benzene rings is 1. The summed E-state index contributed by atoms with van der Waals surface area (Å²) in [5.41, 5.74) is 0.890. The fourth-order valence-corrected chi connectivity index (χ4v) is 2.19. The number of methoxy groups -OCH3 is 1. The van der Waals surface area contributed by atoms with Crippen molar-refractivity contribution >= 4 is 11.9 Å². The lowest BCUT2D eigenvalue weighted by Gasteiger charge is -2.19. The van der Waals surface area contributed by atoms with Crippen LogP contribution < -0.4 is 4.74 Å². The Kier molecular flexibility index (Phi) is 7.26. The van der Waals surface area contributed by atoms with Crippen molar-refractivity contribution in [3.63, 3.8) is 0 Å². The van der Waals surface area contributed by atoms with Gasteiger partial charge in [0.25, 0.3) is 0 Å². The average Bonchev–Trinajstić information content (AvgIpc) is 2.45. The van der Waals surface area contributed by atoms with Crippen molar-refractivity contribution in [2.75, 3.05) is 7.11 Å². The van der Waals surface area contributed by atoms with E-state index in [0.717, 1.165) is 5.56 Å². The molecule has 0 aliphatic rings. The number of hydrogen-bond acceptors (Lipinski definition) is 5. The summed E-state index contributed by atoms with van der Waals surface area (Å²) >= 11 is 0. The molecular formula is C19H28O5. The third kappa shape index (κ3) is 7.02. The van der Waals surface area contributed by atoms with E-state index in [1.165, 1.54) is 7.11 Å². The Balaban J connectivity index is 2.72. The lowest BCUT2D eigenvalue weighted by Crippen LogP contribution is -2.23. The van der Waals surface area contributed by atoms with Gasteiger partial charge in [-0.05, 0) is 65.2 Å². The van der Waals surface area contributed by atoms with Crippen LogP contribution in [0.5, 0.6) is 5.75 Å². The third-order valence-corrected chi connectivity index (χ3v) is 3.08. The van der Waals surface area contributed by atoms with Gasteiger partial charge in [0.15, 0.2) is 0 Å². The quantitative estimate of drug-likeness (QED) is 0.706. The normalized spacial score (nSPS) is 11.3. The first kappa shape index (κ1) is 20.0. The summed E-state index contributed by atoms with van der Waals surface area (Å²) in [5.74, 6) is -0.136. The van der Waals surface area contributed by atoms with Crippen molar-refractivity contribution in [3.05, 3.63) is 29.3 Å². The van der Waals surface area contributed by atoms with Crippen molar-refractivity contribution in [1.82, 2.24) is 0 Å². The highest BCUT2D eigenvalue weighted by Crippen LogP contribution is 2.23. The number of esters is 2. The summed E-state index contributed by atoms with van der Waals surface area (Å²) < 4.78 is 15.7. The minimum atomic E-state index is -0.467. The van der Waals surface area contributed by atoms with Crippen molar-refractivity contribution in [1.29, 1.82) is 0 Å². The predicted octanol–water partition coefficient (Wildman–Crippen LogP) is 3.92. The second-order valence-electron chi connectivity index (χ2n) is 6.93. The van der Waals surface area contributed by atoms with Gasteiger partial charge in [-0.3, -0.25) is 4.79 Å². The molecule has 24 heavy (non-hydrogen) atoms. The maximum atomic E-state index is 11.9. The van der Waals surface area contributed by atoms with Gasteiger partial charge in [-0.2, -0.15) is 0 Å². The minimum Gasteiger partial charge on any atom is -0.490 e. The molecule has 1 aromatic carbocycles. The molecule has 0 amide bonds. The molecule has 5 heteroatoms. The molecule has 5 nitrogen and oxygen atoms in total. The number of ether oxygens (including phenoxy) is 3. The molecule has 0 fully saturated rings. The van der Waals surface area contributed by atoms with E-state index in [1.807, 2.05) is 40.7 Å². The maximum absolute atomic E-state index is 11.9. The van der Waals surface area contributed by atoms with Crippen LogP contribution in [0.1, 0.15) is 63.4 Å². The number of carbonyl (C=O) groups is 2. The molecule has 1 rings (SSSR count). The monoisotopic (exact) mass is 336 g/mol. The summed E-state index contributed by atoms with van der Waals surface area (Å²) in [7, 11) is 1.34. The van der Waals surface area contributed by atoms with Gasteiger partial charge in [0, 0.05) is 6.42 Å². The first-order chi connectivity index (χ1) is 11.1. The van der Waals surface area contributed by atoms with Crippen molar-refractivity contribution in [3.8, 4) is 5.75 Å². The van der Waals surface area contributed by atoms with Crippen molar-refractivity contribution in [2.24, 2.45) is 0 Å². The highest BCUT2D eigenvalue weighted by atomic mass is 16.6. The van der Waals surface area contributed by atoms with Crippen LogP contribution in [0.25, 0.3) is 0 Å². The molecule has 0 N–H and O–H groups in total. The molecule has 0 radical (unpaired) electrons. The molecule has 0 saturated heterocycles. The van der Waals surface area contributed by atoms with Crippen LogP contribution in [0.15, 0.2) is 18.2 Å². The first-order valence-electron chi connectivity index (χ1n) is 8.22. The lowest BCUT2D eigenvalue weighted by molar-refractivity contribution is -0.154. The molecule has 0 aliphatic carbocycles. The Morgan fingerprint density at radius 1 is 1.17 bits per heavy atom. The van der Waals surface area contributed by atoms with Gasteiger partial charge in [-0.1, -0.05) is 6.07 Å². The van der Waals surface area contributed by atoms with Crippen LogP contribution in [0.3, 0.4) is 0 Å². The number of carbonyl (C=O) groups excluding carboxylic acids is 2. The van der Waals surface area contributed by atoms with Crippen LogP contribution in [-0.4, -0.2) is 30.8 Å². The van der Waals surface area contributed by atoms with E-state index >= 15 is 0 Å². The van der Waals surface area contributed by atoms with E-state index < -0.39 is 11.6 Å². The van der Waals surface area contributed by atoms with E-state index in [-0.39, 0.29) is 12.1 Å². The van der Waals surface area contributed by atoms with Gasteiger partial charge in [0.2, 0.25) is 0 Å². The van der Waals surface area contributed by atoms with Crippen LogP contribution in [0, 0.1) is 0 Å². The molecule has 134 valence electrons. The van der Waals surface area contributed by atoms with Gasteiger partial charge in [0.05, 0.1) is 13.2 Å². The van der Waals surface area contributed by atoms with E-state index in [4.69, 9.17) is 14.2 Å². The van der Waals surface area contributed by atoms with E-state index in [9.17, 15) is 9.59 Å². The van der Waals surface area contributed by atoms with E-state index in [1.54, 1.807) is 12.1 Å². The van der Waals surface area contributed by atoms with Crippen LogP contribution in [-0.2, 0) is 20.7 Å². The van der Waals surface area contributed by atoms with Gasteiger partial charge in [0.1, 0.15) is 16.9 Å². The summed E-state index contributed by atoms with van der Waals surface area (Å²) in [5, 5.41) is 0. The average molecular weight is 336 g/mol. The molecule has 1 aromatic rings. The van der Waals surface area contributed by atoms with Crippen LogP contribution in [0.2, 0.25) is 0 Å². The Morgan fingerprint density at radius 2 is 1.83 bits per heavy atom. The zero-order chi connectivity index (χ0) is 18.3. The topological polar surface area (TPSA) is 61.8 Å². The maximum Gasteiger partial charge on any atom is 0.341 e. The van der Waals surface area contributed by atoms with Crippen LogP contribution in [0.4, 0.5) is 0 Å². The van der Waals surface area contributed by atoms with Gasteiger partial charge < -0.3 is 14.2 Å². The Bertz CT molecular complexity index is 570. The van der Waals surface area contributed by atoms with E-state index in [0.29, 0.717) is 30.6 Å². The second kappa shape index (κ2) is 8.71. The Morgan fingerprint density at radius 3 is 2.38 bits per heavy atom. The summed E-state index contributed by atoms with van der Waals surface area (Å²) in [4.78, 5) is 23.7. The molecule has 0 bridgehead atoms. The predicted molar refractivity (Wildman–Crippen MR) is 92.3 cm³/mol. The molecule has 0 atom stereocenters. The molecule has 0 unspecified atom stereocenters. The third-order valence-electron chi connectivity index (χ3n) is 3.08. The summed E-state index contributed by atoms with van der Waals surface area (Å²) in [6.45, 7) is 9.34. The standard InChI is InChI=1S/C19H28O5/c1-13(2)23-16-11-10-14(12-15(16)18(21)22-6)8-7-9-17(20)24-19(3,4)5/h10-13H,7-9H2,1-6H3. The fourth-order valence-electron chi connectivity index (χ4n) is 2.19. The van der Waals surface area contributed by atoms with Crippen molar-refractivity contribution in [2.45, 2.75) is 65.6 Å². The van der Waals surface area contributed by atoms with E-state index in [2.05, 4.69) is 0 Å². The molecule has 0 spiro atoms. The van der Waals surface area contributed by atoms with Crippen molar-refractivity contribution < 1.29 is 23.8 Å². The van der Waals surface area contributed by atoms with Gasteiger partial charge in [-0.15, -0.1) is 0 Å². The largest absolute Gasteiger partial charge is 0.490 e. The molecule has 0 heterocycles. The molecule has 0 saturated carbocycles. The zero-order valence-electron chi connectivity index (χ0n) is 15.5.